The van der Waals surface area contributed by atoms with Crippen LogP contribution in [0.25, 0.3) is 0 Å². The molecule has 0 aliphatic heterocycles. The lowest BCUT2D eigenvalue weighted by molar-refractivity contribution is 0.743. The molecule has 5 heteroatoms. The van der Waals surface area contributed by atoms with Gasteiger partial charge in [-0.15, -0.1) is 0 Å². The van der Waals surface area contributed by atoms with Crippen molar-refractivity contribution in [2.45, 2.75) is 13.8 Å². The van der Waals surface area contributed by atoms with Gasteiger partial charge in [0.15, 0.2) is 5.82 Å². The van der Waals surface area contributed by atoms with Crippen LogP contribution in [0.4, 0.5) is 17.5 Å². The van der Waals surface area contributed by atoms with Crippen LogP contribution >= 0.6 is 0 Å². The largest absolute Gasteiger partial charge is 0.370 e. The van der Waals surface area contributed by atoms with E-state index in [1.54, 1.807) is 0 Å². The van der Waals surface area contributed by atoms with Gasteiger partial charge in [-0.05, 0) is 26.0 Å². The molecule has 0 radical (unpaired) electrons. The summed E-state index contributed by atoms with van der Waals surface area (Å²) in [5.74, 6) is 2.47. The molecule has 0 saturated carbocycles. The Morgan fingerprint density at radius 2 is 2.00 bits per heavy atom. The molecule has 0 atom stereocenters. The maximum atomic E-state index is 4.43. The van der Waals surface area contributed by atoms with Gasteiger partial charge in [-0.1, -0.05) is 6.07 Å². The molecule has 2 heterocycles. The summed E-state index contributed by atoms with van der Waals surface area (Å²) in [5.41, 5.74) is 1.11. The summed E-state index contributed by atoms with van der Waals surface area (Å²) in [6.07, 6.45) is 0. The average molecular weight is 231 g/mol. The molecule has 0 amide bonds. The average Bonchev–Trinajstić information content (AvgIpc) is 2.59. The molecule has 17 heavy (non-hydrogen) atoms. The number of hydrogen-bond donors (Lipinski definition) is 2. The van der Waals surface area contributed by atoms with E-state index < -0.39 is 0 Å². The smallest absolute Gasteiger partial charge is 0.153 e. The molecule has 2 aromatic rings. The van der Waals surface area contributed by atoms with Gasteiger partial charge in [-0.2, -0.15) is 5.10 Å². The van der Waals surface area contributed by atoms with Gasteiger partial charge in [-0.25, -0.2) is 4.98 Å². The van der Waals surface area contributed by atoms with Crippen molar-refractivity contribution in [1.29, 1.82) is 0 Å². The van der Waals surface area contributed by atoms with Crippen molar-refractivity contribution in [3.8, 4) is 0 Å². The Balaban J connectivity index is 2.15. The number of rotatable bonds is 4. The summed E-state index contributed by atoms with van der Waals surface area (Å²) in [7, 11) is 1.92. The zero-order valence-corrected chi connectivity index (χ0v) is 10.4. The molecular weight excluding hydrogens is 214 g/mol. The van der Waals surface area contributed by atoms with Gasteiger partial charge in [0.1, 0.15) is 11.6 Å². The van der Waals surface area contributed by atoms with Gasteiger partial charge >= 0.3 is 0 Å². The topological polar surface area (TPSA) is 54.8 Å². The lowest BCUT2D eigenvalue weighted by atomic mass is 10.4. The van der Waals surface area contributed by atoms with E-state index in [0.717, 1.165) is 29.7 Å². The van der Waals surface area contributed by atoms with Crippen molar-refractivity contribution in [2.75, 3.05) is 17.2 Å². The second kappa shape index (κ2) is 4.86. The van der Waals surface area contributed by atoms with Crippen LogP contribution in [0.2, 0.25) is 0 Å². The third kappa shape index (κ3) is 2.75. The van der Waals surface area contributed by atoms with Crippen molar-refractivity contribution in [3.05, 3.63) is 30.0 Å². The van der Waals surface area contributed by atoms with Crippen molar-refractivity contribution >= 4 is 17.5 Å². The first kappa shape index (κ1) is 11.4. The molecule has 2 aromatic heterocycles. The number of nitrogens with zero attached hydrogens (tertiary/aromatic N) is 3. The van der Waals surface area contributed by atoms with E-state index in [2.05, 4.69) is 20.7 Å². The van der Waals surface area contributed by atoms with E-state index in [1.807, 2.05) is 49.8 Å². The monoisotopic (exact) mass is 231 g/mol. The highest BCUT2D eigenvalue weighted by molar-refractivity contribution is 5.54. The van der Waals surface area contributed by atoms with Gasteiger partial charge < -0.3 is 10.6 Å². The summed E-state index contributed by atoms with van der Waals surface area (Å²) in [6.45, 7) is 4.92. The number of aromatic nitrogens is 3. The second-order valence-electron chi connectivity index (χ2n) is 3.86. The molecule has 0 saturated heterocycles. The van der Waals surface area contributed by atoms with Gasteiger partial charge in [-0.3, -0.25) is 4.68 Å². The number of hydrogen-bond acceptors (Lipinski definition) is 4. The van der Waals surface area contributed by atoms with Crippen LogP contribution in [-0.4, -0.2) is 21.3 Å². The van der Waals surface area contributed by atoms with E-state index in [-0.39, 0.29) is 0 Å². The molecular formula is C12H17N5. The van der Waals surface area contributed by atoms with Crippen LogP contribution in [-0.2, 0) is 7.05 Å². The molecule has 5 nitrogen and oxygen atoms in total. The Kier molecular flexibility index (Phi) is 3.27. The maximum absolute atomic E-state index is 4.43. The fourth-order valence-electron chi connectivity index (χ4n) is 1.54. The second-order valence-corrected chi connectivity index (χ2v) is 3.86. The summed E-state index contributed by atoms with van der Waals surface area (Å²) < 4.78 is 1.83. The number of nitrogens with one attached hydrogen (secondary N) is 2. The normalized spacial score (nSPS) is 10.3. The van der Waals surface area contributed by atoms with Gasteiger partial charge in [0, 0.05) is 25.4 Å². The molecule has 0 unspecified atom stereocenters. The lowest BCUT2D eigenvalue weighted by Crippen LogP contribution is -2.01. The van der Waals surface area contributed by atoms with Crippen LogP contribution in [0.5, 0.6) is 0 Å². The summed E-state index contributed by atoms with van der Waals surface area (Å²) in [5, 5.41) is 10.7. The molecule has 0 aliphatic rings. The lowest BCUT2D eigenvalue weighted by Gasteiger charge is -2.05. The molecule has 90 valence electrons. The van der Waals surface area contributed by atoms with Gasteiger partial charge in [0.05, 0.1) is 0 Å². The van der Waals surface area contributed by atoms with Crippen LogP contribution in [0.15, 0.2) is 24.3 Å². The molecule has 0 aromatic carbocycles. The Morgan fingerprint density at radius 1 is 1.24 bits per heavy atom. The Labute approximate surface area is 101 Å². The van der Waals surface area contributed by atoms with Crippen molar-refractivity contribution < 1.29 is 0 Å². The van der Waals surface area contributed by atoms with E-state index >= 15 is 0 Å². The third-order valence-corrected chi connectivity index (χ3v) is 2.48. The van der Waals surface area contributed by atoms with Crippen molar-refractivity contribution in [3.63, 3.8) is 0 Å². The summed E-state index contributed by atoms with van der Waals surface area (Å²) >= 11 is 0. The van der Waals surface area contributed by atoms with Crippen LogP contribution in [0.3, 0.4) is 0 Å². The van der Waals surface area contributed by atoms with E-state index in [0.29, 0.717) is 0 Å². The van der Waals surface area contributed by atoms with Crippen molar-refractivity contribution in [1.82, 2.24) is 14.8 Å². The maximum Gasteiger partial charge on any atom is 0.153 e. The van der Waals surface area contributed by atoms with Crippen LogP contribution < -0.4 is 10.6 Å². The molecule has 0 aliphatic carbocycles. The Morgan fingerprint density at radius 3 is 2.65 bits per heavy atom. The molecule has 2 rings (SSSR count). The molecule has 0 spiro atoms. The Hall–Kier alpha value is -2.04. The molecule has 0 bridgehead atoms. The predicted octanol–water partition coefficient (Wildman–Crippen LogP) is 2.30. The highest BCUT2D eigenvalue weighted by atomic mass is 15.3. The number of aryl methyl sites for hydroxylation is 2. The highest BCUT2D eigenvalue weighted by Gasteiger charge is 2.02. The molecule has 2 N–H and O–H groups in total. The minimum Gasteiger partial charge on any atom is -0.370 e. The minimum absolute atomic E-state index is 0.793. The quantitative estimate of drug-likeness (QED) is 0.847. The number of pyridine rings is 1. The highest BCUT2D eigenvalue weighted by Crippen LogP contribution is 2.15. The van der Waals surface area contributed by atoms with Crippen LogP contribution in [0, 0.1) is 6.92 Å². The first-order valence-corrected chi connectivity index (χ1v) is 5.67. The zero-order chi connectivity index (χ0) is 12.3. The summed E-state index contributed by atoms with van der Waals surface area (Å²) in [6, 6.07) is 7.81. The fourth-order valence-corrected chi connectivity index (χ4v) is 1.54. The minimum atomic E-state index is 0.793. The number of anilines is 3. The van der Waals surface area contributed by atoms with Gasteiger partial charge in [0.25, 0.3) is 0 Å². The van der Waals surface area contributed by atoms with E-state index in [4.69, 9.17) is 0 Å². The zero-order valence-electron chi connectivity index (χ0n) is 10.4. The van der Waals surface area contributed by atoms with E-state index in [9.17, 15) is 0 Å². The first-order valence-electron chi connectivity index (χ1n) is 5.67. The first-order chi connectivity index (χ1) is 8.19. The van der Waals surface area contributed by atoms with E-state index in [1.165, 1.54) is 0 Å². The molecule has 0 fully saturated rings. The van der Waals surface area contributed by atoms with Crippen molar-refractivity contribution in [2.24, 2.45) is 7.05 Å². The van der Waals surface area contributed by atoms with Crippen LogP contribution in [0.1, 0.15) is 12.6 Å². The predicted molar refractivity (Wildman–Crippen MR) is 69.6 cm³/mol. The van der Waals surface area contributed by atoms with Gasteiger partial charge in [0.2, 0.25) is 0 Å². The Bertz CT molecular complexity index is 484. The fraction of sp³-hybridized carbons (Fsp3) is 0.333. The standard InChI is InChI=1S/C12H17N5/c1-4-13-10-6-5-7-11(14-10)15-12-8-9(2)17(3)16-12/h5-8H,4H2,1-3H3,(H2,13,14,15,16). The third-order valence-electron chi connectivity index (χ3n) is 2.48. The summed E-state index contributed by atoms with van der Waals surface area (Å²) in [4.78, 5) is 4.43. The SMILES string of the molecule is CCNc1cccc(Nc2cc(C)n(C)n2)n1.